The maximum Gasteiger partial charge on any atom is 0.273 e. The molecule has 1 aromatic heterocycles. The van der Waals surface area contributed by atoms with Crippen LogP contribution >= 0.6 is 0 Å². The average molecular weight is 333 g/mol. The largest absolute Gasteiger partial charge is 0.456 e. The van der Waals surface area contributed by atoms with E-state index in [4.69, 9.17) is 14.9 Å². The van der Waals surface area contributed by atoms with Gasteiger partial charge in [-0.2, -0.15) is 5.26 Å². The molecule has 3 aromatic rings. The van der Waals surface area contributed by atoms with Crippen LogP contribution in [0.15, 0.2) is 64.4 Å². The maximum absolute atomic E-state index is 11.4. The lowest BCUT2D eigenvalue weighted by Crippen LogP contribution is -2.20. The van der Waals surface area contributed by atoms with Gasteiger partial charge in [-0.1, -0.05) is 30.3 Å². The number of allylic oxidation sites excluding steroid dienone is 1. The summed E-state index contributed by atoms with van der Waals surface area (Å²) in [4.78, 5) is 11.0. The van der Waals surface area contributed by atoms with Crippen LogP contribution in [-0.2, 0) is 0 Å². The first-order valence-electron chi connectivity index (χ1n) is 7.44. The number of nitrogens with zero attached hydrogens (tertiary/aromatic N) is 2. The highest BCUT2D eigenvalue weighted by molar-refractivity contribution is 5.87. The van der Waals surface area contributed by atoms with Gasteiger partial charge in [0.25, 0.3) is 5.69 Å². The fraction of sp³-hybridized carbons (Fsp3) is 0.0556. The van der Waals surface area contributed by atoms with Gasteiger partial charge in [0.05, 0.1) is 16.2 Å². The third kappa shape index (κ3) is 2.12. The Bertz CT molecular complexity index is 1090. The number of fused-ring (bicyclic) bond motifs is 3. The summed E-state index contributed by atoms with van der Waals surface area (Å²) in [5.41, 5.74) is 6.79. The number of hydrogen-bond acceptors (Lipinski definition) is 6. The van der Waals surface area contributed by atoms with Crippen molar-refractivity contribution in [2.75, 3.05) is 0 Å². The van der Waals surface area contributed by atoms with E-state index in [0.29, 0.717) is 28.0 Å². The smallest absolute Gasteiger partial charge is 0.273 e. The lowest BCUT2D eigenvalue weighted by Gasteiger charge is -2.22. The summed E-state index contributed by atoms with van der Waals surface area (Å²) >= 11 is 0. The number of nitrogens with two attached hydrogens (primary N) is 1. The Labute approximate surface area is 141 Å². The Morgan fingerprint density at radius 1 is 1.16 bits per heavy atom. The second-order valence-electron chi connectivity index (χ2n) is 5.53. The van der Waals surface area contributed by atoms with Gasteiger partial charge in [0.15, 0.2) is 11.5 Å². The van der Waals surface area contributed by atoms with E-state index in [-0.39, 0.29) is 17.1 Å². The Morgan fingerprint density at radius 2 is 1.88 bits per heavy atom. The van der Waals surface area contributed by atoms with Crippen molar-refractivity contribution in [2.24, 2.45) is 5.73 Å². The summed E-state index contributed by atoms with van der Waals surface area (Å²) in [5, 5.41) is 21.7. The third-order valence-corrected chi connectivity index (χ3v) is 4.17. The van der Waals surface area contributed by atoms with E-state index in [9.17, 15) is 15.4 Å². The molecular formula is C18H11N3O4. The van der Waals surface area contributed by atoms with Gasteiger partial charge in [-0.3, -0.25) is 10.1 Å². The average Bonchev–Trinajstić information content (AvgIpc) is 2.98. The quantitative estimate of drug-likeness (QED) is 0.566. The van der Waals surface area contributed by atoms with E-state index in [1.54, 1.807) is 36.4 Å². The predicted octanol–water partition coefficient (Wildman–Crippen LogP) is 3.56. The van der Waals surface area contributed by atoms with Gasteiger partial charge in [0, 0.05) is 11.6 Å². The molecule has 25 heavy (non-hydrogen) atoms. The summed E-state index contributed by atoms with van der Waals surface area (Å²) in [6.45, 7) is 0. The molecule has 0 saturated carbocycles. The highest BCUT2D eigenvalue weighted by Crippen LogP contribution is 2.48. The molecule has 7 nitrogen and oxygen atoms in total. The molecule has 1 atom stereocenters. The van der Waals surface area contributed by atoms with Crippen LogP contribution in [0.3, 0.4) is 0 Å². The number of ether oxygens (including phenoxy) is 1. The van der Waals surface area contributed by atoms with Gasteiger partial charge in [0.2, 0.25) is 5.88 Å². The van der Waals surface area contributed by atoms with Crippen LogP contribution < -0.4 is 10.5 Å². The molecule has 7 heteroatoms. The van der Waals surface area contributed by atoms with E-state index in [0.717, 1.165) is 0 Å². The van der Waals surface area contributed by atoms with Gasteiger partial charge < -0.3 is 14.9 Å². The van der Waals surface area contributed by atoms with Gasteiger partial charge >= 0.3 is 0 Å². The van der Waals surface area contributed by atoms with Crippen molar-refractivity contribution < 1.29 is 14.1 Å². The predicted molar refractivity (Wildman–Crippen MR) is 88.6 cm³/mol. The molecule has 4 rings (SSSR count). The van der Waals surface area contributed by atoms with Gasteiger partial charge in [0.1, 0.15) is 17.2 Å². The van der Waals surface area contributed by atoms with E-state index in [1.165, 1.54) is 6.07 Å². The van der Waals surface area contributed by atoms with Crippen molar-refractivity contribution in [3.8, 4) is 11.8 Å². The fourth-order valence-corrected chi connectivity index (χ4v) is 3.09. The minimum absolute atomic E-state index is 0.0790. The molecule has 1 unspecified atom stereocenters. The van der Waals surface area contributed by atoms with Gasteiger partial charge in [-0.05, 0) is 12.1 Å². The van der Waals surface area contributed by atoms with Gasteiger partial charge in [-0.15, -0.1) is 0 Å². The SMILES string of the molecule is N#CC1=C(N)Oc2c(oc3ccccc23)C1c1ccccc1[N+](=O)[O-]. The Balaban J connectivity index is 2.05. The van der Waals surface area contributed by atoms with E-state index in [2.05, 4.69) is 0 Å². The molecule has 0 fully saturated rings. The maximum atomic E-state index is 11.4. The molecule has 0 spiro atoms. The van der Waals surface area contributed by atoms with E-state index < -0.39 is 10.8 Å². The molecule has 0 aliphatic carbocycles. The summed E-state index contributed by atoms with van der Waals surface area (Å²) < 4.78 is 11.5. The number of furan rings is 1. The Morgan fingerprint density at radius 3 is 2.64 bits per heavy atom. The third-order valence-electron chi connectivity index (χ3n) is 4.17. The van der Waals surface area contributed by atoms with Crippen molar-refractivity contribution in [2.45, 2.75) is 5.92 Å². The lowest BCUT2D eigenvalue weighted by molar-refractivity contribution is -0.385. The molecule has 122 valence electrons. The van der Waals surface area contributed by atoms with Crippen LogP contribution in [0.2, 0.25) is 0 Å². The number of rotatable bonds is 2. The Kier molecular flexibility index (Phi) is 3.18. The molecule has 1 aliphatic rings. The number of hydrogen-bond donors (Lipinski definition) is 1. The lowest BCUT2D eigenvalue weighted by atomic mass is 9.86. The van der Waals surface area contributed by atoms with E-state index >= 15 is 0 Å². The zero-order chi connectivity index (χ0) is 17.6. The second-order valence-corrected chi connectivity index (χ2v) is 5.53. The number of nitro groups is 1. The minimum Gasteiger partial charge on any atom is -0.456 e. The van der Waals surface area contributed by atoms with Crippen LogP contribution in [0, 0.1) is 21.4 Å². The summed E-state index contributed by atoms with van der Waals surface area (Å²) in [6.07, 6.45) is 0. The first-order valence-corrected chi connectivity index (χ1v) is 7.44. The molecule has 2 aromatic carbocycles. The molecule has 0 bridgehead atoms. The number of nitriles is 1. The number of benzene rings is 2. The topological polar surface area (TPSA) is 115 Å². The van der Waals surface area contributed by atoms with Crippen molar-refractivity contribution >= 4 is 16.7 Å². The fourth-order valence-electron chi connectivity index (χ4n) is 3.09. The molecule has 2 heterocycles. The highest BCUT2D eigenvalue weighted by Gasteiger charge is 2.38. The highest BCUT2D eigenvalue weighted by atomic mass is 16.6. The zero-order valence-electron chi connectivity index (χ0n) is 12.8. The summed E-state index contributed by atoms with van der Waals surface area (Å²) in [7, 11) is 0. The van der Waals surface area contributed by atoms with Gasteiger partial charge in [-0.25, -0.2) is 0 Å². The van der Waals surface area contributed by atoms with Crippen LogP contribution in [0.4, 0.5) is 5.69 Å². The molecule has 0 amide bonds. The molecule has 2 N–H and O–H groups in total. The van der Waals surface area contributed by atoms with Crippen LogP contribution in [0.25, 0.3) is 11.0 Å². The summed E-state index contributed by atoms with van der Waals surface area (Å²) in [6, 6.07) is 15.4. The molecular weight excluding hydrogens is 322 g/mol. The zero-order valence-corrected chi connectivity index (χ0v) is 12.8. The van der Waals surface area contributed by atoms with E-state index in [1.807, 2.05) is 12.1 Å². The van der Waals surface area contributed by atoms with Crippen molar-refractivity contribution in [3.05, 3.63) is 81.4 Å². The van der Waals surface area contributed by atoms with Crippen molar-refractivity contribution in [1.29, 1.82) is 5.26 Å². The standard InChI is InChI=1S/C18H11N3O4/c19-9-12-15(10-5-1-3-7-13(10)21(22)23)17-16(25-18(12)20)11-6-2-4-8-14(11)24-17/h1-8,15H,20H2. The Hall–Kier alpha value is -3.79. The molecule has 0 radical (unpaired) electrons. The monoisotopic (exact) mass is 333 g/mol. The number of nitro benzene ring substituents is 1. The summed E-state index contributed by atoms with van der Waals surface area (Å²) in [5.74, 6) is -0.163. The van der Waals surface area contributed by atoms with Crippen LogP contribution in [0.5, 0.6) is 5.75 Å². The first kappa shape index (κ1) is 14.8. The second kappa shape index (κ2) is 5.39. The first-order chi connectivity index (χ1) is 12.1. The molecule has 1 aliphatic heterocycles. The molecule has 0 saturated heterocycles. The normalized spacial score (nSPS) is 16.2. The minimum atomic E-state index is -0.803. The van der Waals surface area contributed by atoms with Crippen LogP contribution in [0.1, 0.15) is 17.2 Å². The number of para-hydroxylation sites is 2. The van der Waals surface area contributed by atoms with Crippen molar-refractivity contribution in [1.82, 2.24) is 0 Å². The van der Waals surface area contributed by atoms with Crippen LogP contribution in [-0.4, -0.2) is 4.92 Å². The van der Waals surface area contributed by atoms with Crippen molar-refractivity contribution in [3.63, 3.8) is 0 Å².